The van der Waals surface area contributed by atoms with E-state index >= 15 is 0 Å². The molecular formula is C30H51NO5S. The highest BCUT2D eigenvalue weighted by Crippen LogP contribution is 2.40. The van der Waals surface area contributed by atoms with Crippen LogP contribution in [0.1, 0.15) is 119 Å². The van der Waals surface area contributed by atoms with Crippen LogP contribution in [-0.2, 0) is 36.6 Å². The zero-order chi connectivity index (χ0) is 28.8. The third-order valence-corrected chi connectivity index (χ3v) is 9.91. The fraction of sp³-hybridized carbons (Fsp3) is 0.767. The van der Waals surface area contributed by atoms with Gasteiger partial charge in [0, 0.05) is 23.9 Å². The second-order valence-corrected chi connectivity index (χ2v) is 17.6. The Bertz CT molecular complexity index is 1050. The van der Waals surface area contributed by atoms with Gasteiger partial charge in [-0.05, 0) is 81.9 Å². The molecule has 1 saturated heterocycles. The van der Waals surface area contributed by atoms with Gasteiger partial charge < -0.3 is 15.2 Å². The molecule has 0 spiro atoms. The summed E-state index contributed by atoms with van der Waals surface area (Å²) < 4.78 is 31.2. The zero-order valence-electron chi connectivity index (χ0n) is 25.3. The van der Waals surface area contributed by atoms with Crippen molar-refractivity contribution < 1.29 is 23.1 Å². The van der Waals surface area contributed by atoms with Crippen LogP contribution in [0.25, 0.3) is 0 Å². The van der Waals surface area contributed by atoms with Crippen molar-refractivity contribution in [1.82, 2.24) is 5.32 Å². The minimum Gasteiger partial charge on any atom is -0.507 e. The standard InChI is InChI=1S/C30H51NO5S/c1-26(2,3)22-15-20(16-23(25(22)33)27(4,5)6)13-14-30(11,12)37(34,35)19-24(32)36-21-17-28(7,8)31-29(9,10)18-21/h15-16,21,31,33H,13-14,17-19H2,1-12H3. The van der Waals surface area contributed by atoms with E-state index in [9.17, 15) is 18.3 Å². The van der Waals surface area contributed by atoms with E-state index in [0.717, 1.165) is 16.7 Å². The molecule has 1 fully saturated rings. The van der Waals surface area contributed by atoms with Crippen molar-refractivity contribution in [2.75, 3.05) is 5.75 Å². The van der Waals surface area contributed by atoms with Gasteiger partial charge in [0.1, 0.15) is 17.6 Å². The SMILES string of the molecule is CC1(C)CC(OC(=O)CS(=O)(=O)C(C)(C)CCc2cc(C(C)(C)C)c(O)c(C(C)(C)C)c2)CC(C)(C)N1. The number of esters is 1. The summed E-state index contributed by atoms with van der Waals surface area (Å²) >= 11 is 0. The van der Waals surface area contributed by atoms with E-state index in [0.29, 0.717) is 31.4 Å². The first-order chi connectivity index (χ1) is 16.4. The topological polar surface area (TPSA) is 92.7 Å². The average Bonchev–Trinajstić information content (AvgIpc) is 2.61. The number of carbonyl (C=O) groups excluding carboxylic acids is 1. The number of nitrogens with one attached hydrogen (secondary N) is 1. The maximum atomic E-state index is 13.3. The van der Waals surface area contributed by atoms with E-state index in [-0.39, 0.29) is 28.0 Å². The van der Waals surface area contributed by atoms with Crippen LogP contribution in [0.3, 0.4) is 0 Å². The summed E-state index contributed by atoms with van der Waals surface area (Å²) in [6, 6.07) is 3.98. The van der Waals surface area contributed by atoms with Gasteiger partial charge >= 0.3 is 5.97 Å². The van der Waals surface area contributed by atoms with Crippen molar-refractivity contribution in [2.45, 2.75) is 142 Å². The maximum absolute atomic E-state index is 13.3. The minimum atomic E-state index is -3.76. The van der Waals surface area contributed by atoms with Crippen molar-refractivity contribution in [3.63, 3.8) is 0 Å². The Hall–Kier alpha value is -1.60. The van der Waals surface area contributed by atoms with Crippen LogP contribution in [0.4, 0.5) is 0 Å². The van der Waals surface area contributed by atoms with E-state index in [4.69, 9.17) is 4.74 Å². The molecule has 0 amide bonds. The molecule has 0 unspecified atom stereocenters. The maximum Gasteiger partial charge on any atom is 0.321 e. The molecule has 0 radical (unpaired) electrons. The molecule has 2 N–H and O–H groups in total. The number of phenols is 1. The number of rotatable bonds is 7. The summed E-state index contributed by atoms with van der Waals surface area (Å²) in [4.78, 5) is 12.8. The highest BCUT2D eigenvalue weighted by Gasteiger charge is 2.41. The molecule has 0 aromatic heterocycles. The Morgan fingerprint density at radius 3 is 1.78 bits per heavy atom. The number of phenolic OH excluding ortho intramolecular Hbond substituents is 1. The number of sulfone groups is 1. The van der Waals surface area contributed by atoms with Crippen molar-refractivity contribution in [3.8, 4) is 5.75 Å². The lowest BCUT2D eigenvalue weighted by atomic mass is 9.78. The number of hydrogen-bond donors (Lipinski definition) is 2. The molecule has 0 bridgehead atoms. The quantitative estimate of drug-likeness (QED) is 0.417. The molecule has 2 rings (SSSR count). The molecule has 37 heavy (non-hydrogen) atoms. The molecular weight excluding hydrogens is 486 g/mol. The van der Waals surface area contributed by atoms with Crippen LogP contribution in [0.15, 0.2) is 12.1 Å². The second kappa shape index (κ2) is 10.2. The normalized spacial score (nSPS) is 19.0. The summed E-state index contributed by atoms with van der Waals surface area (Å²) in [5, 5.41) is 14.5. The van der Waals surface area contributed by atoms with Crippen LogP contribution in [0.5, 0.6) is 5.75 Å². The molecule has 1 aromatic rings. The van der Waals surface area contributed by atoms with Crippen LogP contribution in [0.2, 0.25) is 0 Å². The van der Waals surface area contributed by atoms with Crippen molar-refractivity contribution in [1.29, 1.82) is 0 Å². The van der Waals surface area contributed by atoms with Gasteiger partial charge in [0.2, 0.25) is 0 Å². The van der Waals surface area contributed by atoms with E-state index in [1.807, 2.05) is 12.1 Å². The van der Waals surface area contributed by atoms with E-state index in [1.54, 1.807) is 13.8 Å². The van der Waals surface area contributed by atoms with Crippen LogP contribution in [-0.4, -0.2) is 47.2 Å². The number of aromatic hydroxyl groups is 1. The monoisotopic (exact) mass is 537 g/mol. The summed E-state index contributed by atoms with van der Waals surface area (Å²) in [6.45, 7) is 24.0. The average molecular weight is 538 g/mol. The number of piperidine rings is 1. The van der Waals surface area contributed by atoms with Gasteiger partial charge in [-0.25, -0.2) is 8.42 Å². The summed E-state index contributed by atoms with van der Waals surface area (Å²) in [6.07, 6.45) is 1.83. The largest absolute Gasteiger partial charge is 0.507 e. The number of aryl methyl sites for hydroxylation is 1. The first-order valence-electron chi connectivity index (χ1n) is 13.4. The predicted molar refractivity (Wildman–Crippen MR) is 152 cm³/mol. The van der Waals surface area contributed by atoms with Gasteiger partial charge in [0.25, 0.3) is 0 Å². The lowest BCUT2D eigenvalue weighted by molar-refractivity contribution is -0.149. The number of carbonyl (C=O) groups is 1. The Morgan fingerprint density at radius 1 is 0.946 bits per heavy atom. The summed E-state index contributed by atoms with van der Waals surface area (Å²) in [7, 11) is -3.76. The predicted octanol–water partition coefficient (Wildman–Crippen LogP) is 5.97. The van der Waals surface area contributed by atoms with Crippen LogP contribution < -0.4 is 5.32 Å². The molecule has 1 aromatic carbocycles. The van der Waals surface area contributed by atoms with Crippen molar-refractivity contribution >= 4 is 15.8 Å². The lowest BCUT2D eigenvalue weighted by Crippen LogP contribution is -2.59. The molecule has 0 atom stereocenters. The Balaban J connectivity index is 2.18. The Kier molecular flexibility index (Phi) is 8.70. The number of benzene rings is 1. The second-order valence-electron chi connectivity index (χ2n) is 15.0. The van der Waals surface area contributed by atoms with Crippen molar-refractivity contribution in [2.24, 2.45) is 0 Å². The van der Waals surface area contributed by atoms with Gasteiger partial charge in [-0.2, -0.15) is 0 Å². The zero-order valence-corrected chi connectivity index (χ0v) is 26.1. The van der Waals surface area contributed by atoms with Gasteiger partial charge in [-0.15, -0.1) is 0 Å². The first kappa shape index (κ1) is 31.6. The summed E-state index contributed by atoms with van der Waals surface area (Å²) in [5.41, 5.74) is 1.77. The molecule has 6 nitrogen and oxygen atoms in total. The molecule has 7 heteroatoms. The number of hydrogen-bond acceptors (Lipinski definition) is 6. The molecule has 1 aliphatic heterocycles. The van der Waals surface area contributed by atoms with Gasteiger partial charge in [0.05, 0.1) is 4.75 Å². The molecule has 1 aliphatic rings. The van der Waals surface area contributed by atoms with Gasteiger partial charge in [-0.3, -0.25) is 4.79 Å². The third-order valence-electron chi connectivity index (χ3n) is 7.40. The molecule has 0 aliphatic carbocycles. The Labute approximate surface area is 225 Å². The highest BCUT2D eigenvalue weighted by atomic mass is 32.2. The van der Waals surface area contributed by atoms with Crippen LogP contribution >= 0.6 is 0 Å². The van der Waals surface area contributed by atoms with Gasteiger partial charge in [0.15, 0.2) is 9.84 Å². The highest BCUT2D eigenvalue weighted by molar-refractivity contribution is 7.93. The molecule has 1 heterocycles. The smallest absolute Gasteiger partial charge is 0.321 e. The van der Waals surface area contributed by atoms with Crippen LogP contribution in [0, 0.1) is 0 Å². The van der Waals surface area contributed by atoms with E-state index < -0.39 is 26.3 Å². The third kappa shape index (κ3) is 8.19. The van der Waals surface area contributed by atoms with Crippen molar-refractivity contribution in [3.05, 3.63) is 28.8 Å². The summed E-state index contributed by atoms with van der Waals surface area (Å²) in [5.74, 6) is -0.996. The van der Waals surface area contributed by atoms with Gasteiger partial charge in [-0.1, -0.05) is 53.7 Å². The van der Waals surface area contributed by atoms with E-state index in [2.05, 4.69) is 74.6 Å². The molecule has 212 valence electrons. The first-order valence-corrected chi connectivity index (χ1v) is 15.1. The minimum absolute atomic E-state index is 0.202. The Morgan fingerprint density at radius 2 is 1.38 bits per heavy atom. The fourth-order valence-corrected chi connectivity index (χ4v) is 6.65. The fourth-order valence-electron chi connectivity index (χ4n) is 5.47. The van der Waals surface area contributed by atoms with E-state index in [1.165, 1.54) is 0 Å². The lowest BCUT2D eigenvalue weighted by Gasteiger charge is -2.45. The number of ether oxygens (including phenoxy) is 1. The molecule has 0 saturated carbocycles.